The monoisotopic (exact) mass is 262 g/mol. The van der Waals surface area contributed by atoms with E-state index >= 15 is 0 Å². The molecule has 94 valence electrons. The maximum absolute atomic E-state index is 9.20. The van der Waals surface area contributed by atoms with Gasteiger partial charge in [0.25, 0.3) is 0 Å². The van der Waals surface area contributed by atoms with Crippen molar-refractivity contribution in [2.75, 3.05) is 20.0 Å². The van der Waals surface area contributed by atoms with Crippen molar-refractivity contribution < 1.29 is 4.74 Å². The summed E-state index contributed by atoms with van der Waals surface area (Å²) >= 11 is 1.48. The van der Waals surface area contributed by atoms with Gasteiger partial charge in [-0.2, -0.15) is 5.26 Å². The summed E-state index contributed by atoms with van der Waals surface area (Å²) in [5.41, 5.74) is 1.37. The van der Waals surface area contributed by atoms with Crippen LogP contribution in [-0.2, 0) is 4.74 Å². The Morgan fingerprint density at radius 1 is 1.61 bits per heavy atom. The van der Waals surface area contributed by atoms with Crippen LogP contribution in [0.1, 0.15) is 18.7 Å². The highest BCUT2D eigenvalue weighted by Gasteiger charge is 2.16. The number of hydrogen-bond donors (Lipinski definition) is 0. The van der Waals surface area contributed by atoms with E-state index in [1.54, 1.807) is 13.3 Å². The molecule has 18 heavy (non-hydrogen) atoms. The normalized spacial score (nSPS) is 12.6. The van der Waals surface area contributed by atoms with Crippen LogP contribution in [0, 0.1) is 11.3 Å². The first-order valence-electron chi connectivity index (χ1n) is 5.52. The van der Waals surface area contributed by atoms with Crippen LogP contribution in [0.4, 0.5) is 0 Å². The molecule has 5 nitrogen and oxygen atoms in total. The Morgan fingerprint density at radius 2 is 2.39 bits per heavy atom. The van der Waals surface area contributed by atoms with Gasteiger partial charge in [0.15, 0.2) is 5.16 Å². The fourth-order valence-corrected chi connectivity index (χ4v) is 2.27. The number of hydrogen-bond acceptors (Lipinski definition) is 5. The Morgan fingerprint density at radius 3 is 3.00 bits per heavy atom. The van der Waals surface area contributed by atoms with E-state index in [-0.39, 0.29) is 6.04 Å². The van der Waals surface area contributed by atoms with Crippen LogP contribution in [0.15, 0.2) is 17.4 Å². The van der Waals surface area contributed by atoms with Crippen molar-refractivity contribution in [3.05, 3.63) is 18.0 Å². The topological polar surface area (TPSA) is 63.7 Å². The minimum absolute atomic E-state index is 0.0618. The molecular formula is C12H14N4OS. The van der Waals surface area contributed by atoms with E-state index in [0.29, 0.717) is 17.5 Å². The van der Waals surface area contributed by atoms with Crippen molar-refractivity contribution in [3.63, 3.8) is 0 Å². The lowest BCUT2D eigenvalue weighted by atomic mass is 10.3. The molecule has 1 atom stereocenters. The average molecular weight is 262 g/mol. The summed E-state index contributed by atoms with van der Waals surface area (Å²) in [5, 5.41) is 10.8. The van der Waals surface area contributed by atoms with Crippen LogP contribution in [-0.4, -0.2) is 34.5 Å². The van der Waals surface area contributed by atoms with Gasteiger partial charge in [0.1, 0.15) is 17.4 Å². The van der Waals surface area contributed by atoms with Crippen molar-refractivity contribution in [3.8, 4) is 6.07 Å². The highest BCUT2D eigenvalue weighted by Crippen LogP contribution is 2.23. The van der Waals surface area contributed by atoms with Gasteiger partial charge in [0.05, 0.1) is 12.6 Å². The molecule has 0 aliphatic carbocycles. The lowest BCUT2D eigenvalue weighted by Gasteiger charge is -2.14. The lowest BCUT2D eigenvalue weighted by Crippen LogP contribution is -2.13. The minimum atomic E-state index is 0.0618. The average Bonchev–Trinajstić information content (AvgIpc) is 2.76. The molecule has 0 unspecified atom stereocenters. The quantitative estimate of drug-likeness (QED) is 0.624. The summed E-state index contributed by atoms with van der Waals surface area (Å²) < 4.78 is 7.06. The molecule has 2 heterocycles. The summed E-state index contributed by atoms with van der Waals surface area (Å²) in [6.07, 6.45) is 3.68. The second-order valence-corrected chi connectivity index (χ2v) is 4.72. The largest absolute Gasteiger partial charge is 0.383 e. The summed E-state index contributed by atoms with van der Waals surface area (Å²) in [6, 6.07) is 4.07. The second-order valence-electron chi connectivity index (χ2n) is 3.95. The van der Waals surface area contributed by atoms with Gasteiger partial charge in [-0.3, -0.25) is 0 Å². The Bertz CT molecular complexity index is 602. The first kappa shape index (κ1) is 12.9. The standard InChI is InChI=1S/C12H14N4OS/c1-8(7-17-2)16-10(5-13)4-9-6-14-12(18-3)15-11(9)16/h4,6,8H,7H2,1-3H3/t8-/m0/s1. The molecule has 2 aromatic rings. The van der Waals surface area contributed by atoms with Crippen LogP contribution in [0.3, 0.4) is 0 Å². The zero-order chi connectivity index (χ0) is 13.1. The number of fused-ring (bicyclic) bond motifs is 1. The molecular weight excluding hydrogens is 248 g/mol. The predicted octanol–water partition coefficient (Wildman–Crippen LogP) is 2.23. The zero-order valence-electron chi connectivity index (χ0n) is 10.5. The maximum Gasteiger partial charge on any atom is 0.189 e. The molecule has 2 rings (SSSR count). The lowest BCUT2D eigenvalue weighted by molar-refractivity contribution is 0.163. The number of rotatable bonds is 4. The Labute approximate surface area is 110 Å². The van der Waals surface area contributed by atoms with Crippen molar-refractivity contribution in [2.24, 2.45) is 0 Å². The van der Waals surface area contributed by atoms with E-state index in [0.717, 1.165) is 11.0 Å². The van der Waals surface area contributed by atoms with E-state index in [2.05, 4.69) is 16.0 Å². The number of thioether (sulfide) groups is 1. The molecule has 0 N–H and O–H groups in total. The van der Waals surface area contributed by atoms with Gasteiger partial charge in [-0.15, -0.1) is 0 Å². The second kappa shape index (κ2) is 5.38. The SMILES string of the molecule is COC[C@H](C)n1c(C#N)cc2cnc(SC)nc21. The minimum Gasteiger partial charge on any atom is -0.383 e. The third-order valence-corrected chi connectivity index (χ3v) is 3.26. The smallest absolute Gasteiger partial charge is 0.189 e. The van der Waals surface area contributed by atoms with Gasteiger partial charge in [-0.25, -0.2) is 9.97 Å². The number of aromatic nitrogens is 3. The van der Waals surface area contributed by atoms with Crippen LogP contribution in [0.2, 0.25) is 0 Å². The Balaban J connectivity index is 2.63. The van der Waals surface area contributed by atoms with Crippen LogP contribution in [0.5, 0.6) is 0 Å². The van der Waals surface area contributed by atoms with E-state index in [4.69, 9.17) is 4.74 Å². The molecule has 0 saturated carbocycles. The predicted molar refractivity (Wildman–Crippen MR) is 70.6 cm³/mol. The highest BCUT2D eigenvalue weighted by molar-refractivity contribution is 7.98. The zero-order valence-corrected chi connectivity index (χ0v) is 11.4. The highest BCUT2D eigenvalue weighted by atomic mass is 32.2. The number of methoxy groups -OCH3 is 1. The maximum atomic E-state index is 9.20. The molecule has 0 aliphatic heterocycles. The summed E-state index contributed by atoms with van der Waals surface area (Å²) in [7, 11) is 1.65. The van der Waals surface area contributed by atoms with Crippen LogP contribution < -0.4 is 0 Å². The first-order valence-corrected chi connectivity index (χ1v) is 6.74. The molecule has 0 saturated heterocycles. The molecule has 0 amide bonds. The Kier molecular flexibility index (Phi) is 3.84. The van der Waals surface area contributed by atoms with Gasteiger partial charge in [-0.05, 0) is 19.2 Å². The third-order valence-electron chi connectivity index (χ3n) is 2.70. The van der Waals surface area contributed by atoms with Crippen molar-refractivity contribution in [1.29, 1.82) is 5.26 Å². The fourth-order valence-electron chi connectivity index (χ4n) is 1.94. The van der Waals surface area contributed by atoms with Gasteiger partial charge >= 0.3 is 0 Å². The molecule has 2 aromatic heterocycles. The number of ether oxygens (including phenoxy) is 1. The summed E-state index contributed by atoms with van der Waals surface area (Å²) in [6.45, 7) is 2.54. The van der Waals surface area contributed by atoms with Gasteiger partial charge in [0, 0.05) is 18.7 Å². The van der Waals surface area contributed by atoms with Crippen LogP contribution >= 0.6 is 11.8 Å². The fraction of sp³-hybridized carbons (Fsp3) is 0.417. The Hall–Kier alpha value is -1.58. The molecule has 0 radical (unpaired) electrons. The van der Waals surface area contributed by atoms with Gasteiger partial charge in [-0.1, -0.05) is 11.8 Å². The van der Waals surface area contributed by atoms with E-state index in [1.807, 2.05) is 23.8 Å². The van der Waals surface area contributed by atoms with Gasteiger partial charge in [0.2, 0.25) is 0 Å². The van der Waals surface area contributed by atoms with Crippen molar-refractivity contribution >= 4 is 22.8 Å². The molecule has 0 spiro atoms. The van der Waals surface area contributed by atoms with Crippen LogP contribution in [0.25, 0.3) is 11.0 Å². The molecule has 0 aliphatic rings. The van der Waals surface area contributed by atoms with Crippen molar-refractivity contribution in [2.45, 2.75) is 18.1 Å². The summed E-state index contributed by atoms with van der Waals surface area (Å²) in [5.74, 6) is 0. The summed E-state index contributed by atoms with van der Waals surface area (Å²) in [4.78, 5) is 8.69. The first-order chi connectivity index (χ1) is 8.71. The molecule has 6 heteroatoms. The molecule has 0 bridgehead atoms. The number of nitriles is 1. The van der Waals surface area contributed by atoms with Crippen molar-refractivity contribution in [1.82, 2.24) is 14.5 Å². The molecule has 0 aromatic carbocycles. The van der Waals surface area contributed by atoms with E-state index in [1.165, 1.54) is 11.8 Å². The molecule has 0 fully saturated rings. The number of nitrogens with zero attached hydrogens (tertiary/aromatic N) is 4. The van der Waals surface area contributed by atoms with Gasteiger partial charge < -0.3 is 9.30 Å². The third kappa shape index (κ3) is 2.19. The van der Waals surface area contributed by atoms with E-state index in [9.17, 15) is 5.26 Å². The van der Waals surface area contributed by atoms with E-state index < -0.39 is 0 Å².